The lowest BCUT2D eigenvalue weighted by atomic mass is 9.86. The fraction of sp³-hybridized carbons (Fsp3) is 0.458. The van der Waals surface area contributed by atoms with Gasteiger partial charge in [-0.25, -0.2) is 9.38 Å². The van der Waals surface area contributed by atoms with Gasteiger partial charge in [-0.3, -0.25) is 0 Å². The SMILES string of the molecule is CCNC(=NCc1ccc(F)c(CO)c1)NC1CC2(CCCC2)Oc2ccccc21. The van der Waals surface area contributed by atoms with Crippen molar-refractivity contribution in [2.75, 3.05) is 6.54 Å². The first-order chi connectivity index (χ1) is 14.6. The standard InChI is InChI=1S/C24H30FN3O2/c1-2-26-23(27-15-17-9-10-20(25)18(13-17)16-29)28-21-14-24(11-5-6-12-24)30-22-8-4-3-7-19(21)22/h3-4,7-10,13,21,29H,2,5-6,11-12,14-16H2,1H3,(H2,26,27,28). The number of rotatable bonds is 5. The summed E-state index contributed by atoms with van der Waals surface area (Å²) in [5.74, 6) is 1.29. The van der Waals surface area contributed by atoms with E-state index in [1.165, 1.54) is 18.9 Å². The Morgan fingerprint density at radius 3 is 2.80 bits per heavy atom. The van der Waals surface area contributed by atoms with E-state index in [0.29, 0.717) is 12.1 Å². The minimum absolute atomic E-state index is 0.0870. The van der Waals surface area contributed by atoms with Crippen LogP contribution in [0.3, 0.4) is 0 Å². The molecule has 0 bridgehead atoms. The number of hydrogen-bond acceptors (Lipinski definition) is 3. The lowest BCUT2D eigenvalue weighted by Gasteiger charge is -2.40. The third-order valence-electron chi connectivity index (χ3n) is 6.07. The van der Waals surface area contributed by atoms with Gasteiger partial charge in [-0.2, -0.15) is 0 Å². The number of para-hydroxylation sites is 1. The molecule has 2 aromatic carbocycles. The summed E-state index contributed by atoms with van der Waals surface area (Å²) < 4.78 is 20.1. The van der Waals surface area contributed by atoms with Crippen LogP contribution >= 0.6 is 0 Å². The van der Waals surface area contributed by atoms with E-state index in [4.69, 9.17) is 9.73 Å². The molecule has 3 N–H and O–H groups in total. The van der Waals surface area contributed by atoms with Crippen LogP contribution in [0.15, 0.2) is 47.5 Å². The smallest absolute Gasteiger partial charge is 0.192 e. The number of halogens is 1. The van der Waals surface area contributed by atoms with E-state index in [1.54, 1.807) is 12.1 Å². The lowest BCUT2D eigenvalue weighted by Crippen LogP contribution is -2.46. The Morgan fingerprint density at radius 1 is 1.23 bits per heavy atom. The van der Waals surface area contributed by atoms with Gasteiger partial charge in [-0.1, -0.05) is 24.3 Å². The highest BCUT2D eigenvalue weighted by molar-refractivity contribution is 5.80. The molecule has 1 saturated carbocycles. The van der Waals surface area contributed by atoms with Crippen molar-refractivity contribution in [2.24, 2.45) is 4.99 Å². The molecule has 2 aliphatic rings. The monoisotopic (exact) mass is 411 g/mol. The Morgan fingerprint density at radius 2 is 2.03 bits per heavy atom. The van der Waals surface area contributed by atoms with Crippen molar-refractivity contribution < 1.29 is 14.2 Å². The molecule has 1 spiro atoms. The van der Waals surface area contributed by atoms with Crippen molar-refractivity contribution in [3.8, 4) is 5.75 Å². The second-order valence-corrected chi connectivity index (χ2v) is 8.21. The molecule has 1 atom stereocenters. The van der Waals surface area contributed by atoms with Crippen LogP contribution < -0.4 is 15.4 Å². The van der Waals surface area contributed by atoms with E-state index in [9.17, 15) is 9.50 Å². The molecule has 5 nitrogen and oxygen atoms in total. The van der Waals surface area contributed by atoms with Gasteiger partial charge in [0.1, 0.15) is 17.2 Å². The summed E-state index contributed by atoms with van der Waals surface area (Å²) in [5, 5.41) is 16.2. The Balaban J connectivity index is 1.55. The molecular formula is C24H30FN3O2. The summed E-state index contributed by atoms with van der Waals surface area (Å²) in [4.78, 5) is 4.72. The van der Waals surface area contributed by atoms with Crippen LogP contribution in [0.4, 0.5) is 4.39 Å². The van der Waals surface area contributed by atoms with Crippen LogP contribution in [0, 0.1) is 5.82 Å². The Labute approximate surface area is 177 Å². The number of aliphatic hydroxyl groups is 1. The van der Waals surface area contributed by atoms with Crippen molar-refractivity contribution in [3.63, 3.8) is 0 Å². The number of aliphatic imine (C=N–C) groups is 1. The highest BCUT2D eigenvalue weighted by Gasteiger charge is 2.43. The number of ether oxygens (including phenoxy) is 1. The first-order valence-corrected chi connectivity index (χ1v) is 10.8. The van der Waals surface area contributed by atoms with Crippen molar-refractivity contribution in [3.05, 3.63) is 65.0 Å². The van der Waals surface area contributed by atoms with E-state index >= 15 is 0 Å². The molecule has 160 valence electrons. The van der Waals surface area contributed by atoms with Gasteiger partial charge in [0.05, 0.1) is 19.2 Å². The second kappa shape index (κ2) is 9.04. The number of hydrogen-bond donors (Lipinski definition) is 3. The minimum atomic E-state index is -0.393. The molecule has 0 aromatic heterocycles. The van der Waals surface area contributed by atoms with Crippen LogP contribution in [-0.4, -0.2) is 23.2 Å². The van der Waals surface area contributed by atoms with Crippen molar-refractivity contribution in [1.82, 2.24) is 10.6 Å². The second-order valence-electron chi connectivity index (χ2n) is 8.21. The maximum atomic E-state index is 13.7. The molecule has 0 radical (unpaired) electrons. The molecular weight excluding hydrogens is 381 g/mol. The summed E-state index contributed by atoms with van der Waals surface area (Å²) in [6, 6.07) is 13.1. The maximum absolute atomic E-state index is 13.7. The van der Waals surface area contributed by atoms with Gasteiger partial charge in [-0.05, 0) is 56.4 Å². The molecule has 0 amide bonds. The third-order valence-corrected chi connectivity index (χ3v) is 6.07. The number of fused-ring (bicyclic) bond motifs is 1. The van der Waals surface area contributed by atoms with Crippen LogP contribution in [-0.2, 0) is 13.2 Å². The van der Waals surface area contributed by atoms with Gasteiger partial charge in [0, 0.05) is 24.1 Å². The van der Waals surface area contributed by atoms with Crippen molar-refractivity contribution >= 4 is 5.96 Å². The largest absolute Gasteiger partial charge is 0.487 e. The average Bonchev–Trinajstić information content (AvgIpc) is 3.20. The summed E-state index contributed by atoms with van der Waals surface area (Å²) in [7, 11) is 0. The predicted molar refractivity (Wildman–Crippen MR) is 116 cm³/mol. The van der Waals surface area contributed by atoms with Crippen LogP contribution in [0.1, 0.15) is 61.8 Å². The number of aliphatic hydroxyl groups excluding tert-OH is 1. The highest BCUT2D eigenvalue weighted by atomic mass is 19.1. The number of benzene rings is 2. The third kappa shape index (κ3) is 4.43. The highest BCUT2D eigenvalue weighted by Crippen LogP contribution is 2.46. The zero-order valence-corrected chi connectivity index (χ0v) is 17.5. The Bertz CT molecular complexity index is 909. The Kier molecular flexibility index (Phi) is 6.23. The summed E-state index contributed by atoms with van der Waals surface area (Å²) in [6.45, 7) is 2.86. The first-order valence-electron chi connectivity index (χ1n) is 10.8. The summed E-state index contributed by atoms with van der Waals surface area (Å²) in [5.41, 5.74) is 2.22. The zero-order chi connectivity index (χ0) is 21.0. The predicted octanol–water partition coefficient (Wildman–Crippen LogP) is 4.21. The van der Waals surface area contributed by atoms with Gasteiger partial charge >= 0.3 is 0 Å². The van der Waals surface area contributed by atoms with E-state index < -0.39 is 5.82 Å². The minimum Gasteiger partial charge on any atom is -0.487 e. The van der Waals surface area contributed by atoms with E-state index in [1.807, 2.05) is 19.1 Å². The van der Waals surface area contributed by atoms with Crippen molar-refractivity contribution in [2.45, 2.75) is 63.8 Å². The normalized spacial score (nSPS) is 20.0. The van der Waals surface area contributed by atoms with Gasteiger partial charge in [-0.15, -0.1) is 0 Å². The van der Waals surface area contributed by atoms with Crippen molar-refractivity contribution in [1.29, 1.82) is 0 Å². The topological polar surface area (TPSA) is 65.9 Å². The molecule has 1 aliphatic heterocycles. The van der Waals surface area contributed by atoms with Crippen LogP contribution in [0.2, 0.25) is 0 Å². The van der Waals surface area contributed by atoms with Gasteiger partial charge in [0.15, 0.2) is 5.96 Å². The van der Waals surface area contributed by atoms with Gasteiger partial charge in [0.2, 0.25) is 0 Å². The first kappa shape index (κ1) is 20.7. The average molecular weight is 412 g/mol. The maximum Gasteiger partial charge on any atom is 0.192 e. The number of nitrogens with one attached hydrogen (secondary N) is 2. The molecule has 1 heterocycles. The molecule has 1 fully saturated rings. The molecule has 30 heavy (non-hydrogen) atoms. The lowest BCUT2D eigenvalue weighted by molar-refractivity contribution is 0.0396. The zero-order valence-electron chi connectivity index (χ0n) is 17.5. The quantitative estimate of drug-likeness (QED) is 0.509. The summed E-state index contributed by atoms with van der Waals surface area (Å²) in [6.07, 6.45) is 5.51. The Hall–Kier alpha value is -2.60. The molecule has 4 rings (SSSR count). The number of nitrogens with zero attached hydrogens (tertiary/aromatic N) is 1. The number of guanidine groups is 1. The van der Waals surface area contributed by atoms with Crippen LogP contribution in [0.25, 0.3) is 0 Å². The molecule has 1 aliphatic carbocycles. The van der Waals surface area contributed by atoms with Crippen LogP contribution in [0.5, 0.6) is 5.75 Å². The molecule has 1 unspecified atom stereocenters. The van der Waals surface area contributed by atoms with E-state index in [0.717, 1.165) is 48.6 Å². The fourth-order valence-corrected chi connectivity index (χ4v) is 4.58. The molecule has 6 heteroatoms. The van der Waals surface area contributed by atoms with Gasteiger partial charge < -0.3 is 20.5 Å². The van der Waals surface area contributed by atoms with Gasteiger partial charge in [0.25, 0.3) is 0 Å². The van der Waals surface area contributed by atoms with E-state index in [-0.39, 0.29) is 18.2 Å². The molecule has 2 aromatic rings. The molecule has 0 saturated heterocycles. The van der Waals surface area contributed by atoms with E-state index in [2.05, 4.69) is 22.8 Å². The fourth-order valence-electron chi connectivity index (χ4n) is 4.58. The summed E-state index contributed by atoms with van der Waals surface area (Å²) >= 11 is 0.